The summed E-state index contributed by atoms with van der Waals surface area (Å²) in [5.41, 5.74) is 0.474. The van der Waals surface area contributed by atoms with E-state index in [2.05, 4.69) is 33.0 Å². The van der Waals surface area contributed by atoms with Gasteiger partial charge in [-0.15, -0.1) is 0 Å². The summed E-state index contributed by atoms with van der Waals surface area (Å²) in [6.45, 7) is 10.5. The summed E-state index contributed by atoms with van der Waals surface area (Å²) in [6.07, 6.45) is 8.34. The van der Waals surface area contributed by atoms with E-state index in [4.69, 9.17) is 0 Å². The molecule has 0 aromatic heterocycles. The Hall–Kier alpha value is -0.0400. The molecule has 1 heteroatoms. The highest BCUT2D eigenvalue weighted by molar-refractivity contribution is 4.79. The van der Waals surface area contributed by atoms with Gasteiger partial charge in [-0.05, 0) is 43.4 Å². The molecule has 1 rings (SSSR count). The van der Waals surface area contributed by atoms with Crippen molar-refractivity contribution in [1.29, 1.82) is 0 Å². The van der Waals surface area contributed by atoms with Crippen LogP contribution >= 0.6 is 0 Å². The average Bonchev–Trinajstić information content (AvgIpc) is 2.27. The van der Waals surface area contributed by atoms with Gasteiger partial charge in [0.15, 0.2) is 0 Å². The van der Waals surface area contributed by atoms with Crippen LogP contribution in [0.3, 0.4) is 0 Å². The minimum absolute atomic E-state index is 0.474. The third kappa shape index (κ3) is 4.55. The van der Waals surface area contributed by atoms with Gasteiger partial charge in [-0.25, -0.2) is 0 Å². The molecule has 1 aliphatic carbocycles. The summed E-state index contributed by atoms with van der Waals surface area (Å²) in [5.74, 6) is 1.02. The Morgan fingerprint density at radius 2 is 1.67 bits per heavy atom. The maximum Gasteiger partial charge on any atom is 0.00674 e. The quantitative estimate of drug-likeness (QED) is 0.725. The minimum Gasteiger partial charge on any atom is -0.313 e. The second kappa shape index (κ2) is 5.89. The molecule has 0 unspecified atom stereocenters. The smallest absolute Gasteiger partial charge is 0.00674 e. The predicted octanol–water partition coefficient (Wildman–Crippen LogP) is 3.98. The first kappa shape index (κ1) is 13.0. The summed E-state index contributed by atoms with van der Waals surface area (Å²) in [6, 6.07) is 0.804. The van der Waals surface area contributed by atoms with Crippen LogP contribution < -0.4 is 5.32 Å². The largest absolute Gasteiger partial charge is 0.313 e. The fraction of sp³-hybridized carbons (Fsp3) is 1.00. The Morgan fingerprint density at radius 1 is 1.07 bits per heavy atom. The van der Waals surface area contributed by atoms with E-state index >= 15 is 0 Å². The molecule has 1 fully saturated rings. The van der Waals surface area contributed by atoms with Crippen molar-refractivity contribution in [2.75, 3.05) is 6.54 Å². The molecule has 0 amide bonds. The van der Waals surface area contributed by atoms with Crippen molar-refractivity contribution in [1.82, 2.24) is 5.32 Å². The number of nitrogens with one attached hydrogen (secondary N) is 1. The molecule has 0 aliphatic heterocycles. The van der Waals surface area contributed by atoms with Crippen LogP contribution in [0.25, 0.3) is 0 Å². The van der Waals surface area contributed by atoms with Crippen LogP contribution in [0.1, 0.15) is 66.2 Å². The molecule has 1 N–H and O–H groups in total. The minimum atomic E-state index is 0.474. The van der Waals surface area contributed by atoms with Crippen molar-refractivity contribution in [3.05, 3.63) is 0 Å². The summed E-state index contributed by atoms with van der Waals surface area (Å²) in [4.78, 5) is 0. The van der Waals surface area contributed by atoms with Gasteiger partial charge in [-0.1, -0.05) is 34.1 Å². The van der Waals surface area contributed by atoms with E-state index in [1.807, 2.05) is 0 Å². The molecule has 0 spiro atoms. The van der Waals surface area contributed by atoms with Crippen molar-refractivity contribution < 1.29 is 0 Å². The molecule has 0 heterocycles. The maximum atomic E-state index is 3.76. The number of rotatable bonds is 5. The Labute approximate surface area is 96.0 Å². The first-order chi connectivity index (χ1) is 7.07. The number of hydrogen-bond donors (Lipinski definition) is 1. The van der Waals surface area contributed by atoms with E-state index in [0.717, 1.165) is 12.0 Å². The van der Waals surface area contributed by atoms with Crippen molar-refractivity contribution >= 4 is 0 Å². The van der Waals surface area contributed by atoms with Crippen LogP contribution in [0.2, 0.25) is 0 Å². The lowest BCUT2D eigenvalue weighted by molar-refractivity contribution is 0.248. The summed E-state index contributed by atoms with van der Waals surface area (Å²) < 4.78 is 0. The van der Waals surface area contributed by atoms with Gasteiger partial charge in [-0.3, -0.25) is 0 Å². The first-order valence-corrected chi connectivity index (χ1v) is 6.80. The predicted molar refractivity (Wildman–Crippen MR) is 68.1 cm³/mol. The molecule has 0 atom stereocenters. The third-order valence-corrected chi connectivity index (χ3v) is 4.25. The topological polar surface area (TPSA) is 12.0 Å². The van der Waals surface area contributed by atoms with Crippen LogP contribution in [0.15, 0.2) is 0 Å². The number of hydrogen-bond acceptors (Lipinski definition) is 1. The molecule has 1 nitrogen and oxygen atoms in total. The molecule has 0 radical (unpaired) electrons. The molecular formula is C14H29N. The highest BCUT2D eigenvalue weighted by Gasteiger charge is 2.22. The summed E-state index contributed by atoms with van der Waals surface area (Å²) in [7, 11) is 0. The zero-order valence-corrected chi connectivity index (χ0v) is 11.1. The van der Waals surface area contributed by atoms with Gasteiger partial charge in [-0.2, -0.15) is 0 Å². The van der Waals surface area contributed by atoms with E-state index in [-0.39, 0.29) is 0 Å². The highest BCUT2D eigenvalue weighted by Crippen LogP contribution is 2.27. The molecule has 0 saturated heterocycles. The third-order valence-electron chi connectivity index (χ3n) is 4.25. The van der Waals surface area contributed by atoms with Gasteiger partial charge in [0, 0.05) is 12.6 Å². The van der Waals surface area contributed by atoms with Crippen molar-refractivity contribution in [2.45, 2.75) is 72.3 Å². The fourth-order valence-corrected chi connectivity index (χ4v) is 2.32. The van der Waals surface area contributed by atoms with Crippen molar-refractivity contribution in [3.8, 4) is 0 Å². The van der Waals surface area contributed by atoms with E-state index in [1.165, 1.54) is 45.1 Å². The van der Waals surface area contributed by atoms with Gasteiger partial charge >= 0.3 is 0 Å². The van der Waals surface area contributed by atoms with Gasteiger partial charge in [0.2, 0.25) is 0 Å². The van der Waals surface area contributed by atoms with Gasteiger partial charge in [0.25, 0.3) is 0 Å². The molecule has 0 aromatic carbocycles. The monoisotopic (exact) mass is 211 g/mol. The molecule has 15 heavy (non-hydrogen) atoms. The normalized spacial score (nSPS) is 28.0. The van der Waals surface area contributed by atoms with Crippen LogP contribution in [0.4, 0.5) is 0 Å². The summed E-state index contributed by atoms with van der Waals surface area (Å²) >= 11 is 0. The van der Waals surface area contributed by atoms with E-state index in [9.17, 15) is 0 Å². The fourth-order valence-electron chi connectivity index (χ4n) is 2.32. The Balaban J connectivity index is 2.19. The Bertz CT molecular complexity index is 166. The molecule has 0 bridgehead atoms. The van der Waals surface area contributed by atoms with Gasteiger partial charge < -0.3 is 5.32 Å². The van der Waals surface area contributed by atoms with Gasteiger partial charge in [0.05, 0.1) is 0 Å². The lowest BCUT2D eigenvalue weighted by Crippen LogP contribution is -2.39. The lowest BCUT2D eigenvalue weighted by atomic mass is 9.83. The zero-order chi connectivity index (χ0) is 11.3. The second-order valence-electron chi connectivity index (χ2n) is 6.02. The van der Waals surface area contributed by atoms with Crippen LogP contribution in [-0.4, -0.2) is 12.6 Å². The second-order valence-corrected chi connectivity index (χ2v) is 6.02. The van der Waals surface area contributed by atoms with Gasteiger partial charge in [0.1, 0.15) is 0 Å². The Kier molecular flexibility index (Phi) is 5.11. The maximum absolute atomic E-state index is 3.76. The van der Waals surface area contributed by atoms with Crippen LogP contribution in [-0.2, 0) is 0 Å². The first-order valence-electron chi connectivity index (χ1n) is 6.80. The Morgan fingerprint density at radius 3 is 2.13 bits per heavy atom. The zero-order valence-electron chi connectivity index (χ0n) is 11.1. The lowest BCUT2D eigenvalue weighted by Gasteiger charge is -2.32. The molecule has 1 aliphatic rings. The standard InChI is InChI=1S/C14H29N/c1-5-12-7-9-13(10-8-12)15-11-14(3,4)6-2/h12-13,15H,5-11H2,1-4H3. The SMILES string of the molecule is CCC1CCC(NCC(C)(C)CC)CC1. The average molecular weight is 211 g/mol. The van der Waals surface area contributed by atoms with Crippen molar-refractivity contribution in [2.24, 2.45) is 11.3 Å². The molecule has 1 saturated carbocycles. The summed E-state index contributed by atoms with van der Waals surface area (Å²) in [5, 5.41) is 3.76. The van der Waals surface area contributed by atoms with E-state index in [0.29, 0.717) is 5.41 Å². The van der Waals surface area contributed by atoms with E-state index < -0.39 is 0 Å². The molecular weight excluding hydrogens is 182 g/mol. The van der Waals surface area contributed by atoms with E-state index in [1.54, 1.807) is 0 Å². The highest BCUT2D eigenvalue weighted by atomic mass is 14.9. The van der Waals surface area contributed by atoms with Crippen LogP contribution in [0, 0.1) is 11.3 Å². The van der Waals surface area contributed by atoms with Crippen molar-refractivity contribution in [3.63, 3.8) is 0 Å². The van der Waals surface area contributed by atoms with Crippen LogP contribution in [0.5, 0.6) is 0 Å². The molecule has 0 aromatic rings. The molecule has 90 valence electrons.